The van der Waals surface area contributed by atoms with E-state index >= 15 is 0 Å². The molecule has 0 amide bonds. The highest BCUT2D eigenvalue weighted by Crippen LogP contribution is 2.20. The van der Waals surface area contributed by atoms with Gasteiger partial charge in [0, 0.05) is 17.6 Å². The number of para-hydroxylation sites is 1. The Kier molecular flexibility index (Phi) is 5.58. The fourth-order valence-electron chi connectivity index (χ4n) is 1.52. The number of nitrogens with zero attached hydrogens (tertiary/aromatic N) is 1. The molecule has 2 N–H and O–H groups in total. The fourth-order valence-corrected chi connectivity index (χ4v) is 1.52. The minimum absolute atomic E-state index is 0. The molecule has 0 aliphatic rings. The van der Waals surface area contributed by atoms with Crippen LogP contribution in [0.1, 0.15) is 18.5 Å². The van der Waals surface area contributed by atoms with Crippen LogP contribution in [-0.2, 0) is 0 Å². The van der Waals surface area contributed by atoms with Crippen LogP contribution in [0, 0.1) is 0 Å². The smallest absolute Gasteiger partial charge is 0.0705 e. The predicted octanol–water partition coefficient (Wildman–Crippen LogP) is 3.10. The van der Waals surface area contributed by atoms with E-state index in [1.54, 1.807) is 6.20 Å². The maximum absolute atomic E-state index is 5.85. The van der Waals surface area contributed by atoms with Crippen LogP contribution < -0.4 is 5.73 Å². The molecule has 2 nitrogen and oxygen atoms in total. The van der Waals surface area contributed by atoms with Crippen LogP contribution in [0.15, 0.2) is 36.5 Å². The van der Waals surface area contributed by atoms with Crippen LogP contribution in [0.5, 0.6) is 0 Å². The molecule has 2 rings (SSSR count). The van der Waals surface area contributed by atoms with Gasteiger partial charge in [0.25, 0.3) is 0 Å². The number of halogens is 2. The molecule has 2 aromatic rings. The number of hydrogen-bond acceptors (Lipinski definition) is 2. The summed E-state index contributed by atoms with van der Waals surface area (Å²) in [5, 5.41) is 1.15. The Balaban J connectivity index is 0.000000980. The van der Waals surface area contributed by atoms with Crippen LogP contribution in [0.25, 0.3) is 10.9 Å². The lowest BCUT2D eigenvalue weighted by Crippen LogP contribution is -2.05. The molecule has 1 atom stereocenters. The predicted molar refractivity (Wildman–Crippen MR) is 68.8 cm³/mol. The minimum atomic E-state index is 0. The van der Waals surface area contributed by atoms with Crippen molar-refractivity contribution in [2.45, 2.75) is 13.0 Å². The van der Waals surface area contributed by atoms with Crippen molar-refractivity contribution >= 4 is 35.7 Å². The lowest BCUT2D eigenvalue weighted by Gasteiger charge is -2.08. The number of benzene rings is 1. The zero-order valence-corrected chi connectivity index (χ0v) is 10.0. The maximum Gasteiger partial charge on any atom is 0.0705 e. The first-order valence-electron chi connectivity index (χ1n) is 4.38. The molecule has 4 heteroatoms. The highest BCUT2D eigenvalue weighted by atomic mass is 35.5. The standard InChI is InChI=1S/C11H12N2.2ClH/c1-8(12)9-6-7-13-11-5-3-2-4-10(9)11;;/h2-8H,12H2,1H3;2*1H. The van der Waals surface area contributed by atoms with Crippen molar-refractivity contribution in [3.05, 3.63) is 42.1 Å². The van der Waals surface area contributed by atoms with Crippen molar-refractivity contribution < 1.29 is 0 Å². The van der Waals surface area contributed by atoms with Gasteiger partial charge in [-0.3, -0.25) is 4.98 Å². The van der Waals surface area contributed by atoms with Crippen molar-refractivity contribution in [1.29, 1.82) is 0 Å². The second-order valence-electron chi connectivity index (χ2n) is 3.21. The molecule has 1 aromatic carbocycles. The van der Waals surface area contributed by atoms with E-state index in [4.69, 9.17) is 5.73 Å². The number of aromatic nitrogens is 1. The molecule has 82 valence electrons. The van der Waals surface area contributed by atoms with E-state index in [1.165, 1.54) is 0 Å². The summed E-state index contributed by atoms with van der Waals surface area (Å²) in [4.78, 5) is 4.27. The highest BCUT2D eigenvalue weighted by Gasteiger charge is 2.03. The largest absolute Gasteiger partial charge is 0.324 e. The van der Waals surface area contributed by atoms with Gasteiger partial charge in [0.05, 0.1) is 5.52 Å². The van der Waals surface area contributed by atoms with Gasteiger partial charge in [-0.25, -0.2) is 0 Å². The van der Waals surface area contributed by atoms with Crippen LogP contribution in [-0.4, -0.2) is 4.98 Å². The third-order valence-corrected chi connectivity index (χ3v) is 2.17. The molecule has 1 unspecified atom stereocenters. The van der Waals surface area contributed by atoms with Gasteiger partial charge in [-0.1, -0.05) is 18.2 Å². The number of pyridine rings is 1. The van der Waals surface area contributed by atoms with Gasteiger partial charge in [0.2, 0.25) is 0 Å². The normalized spacial score (nSPS) is 11.3. The third-order valence-electron chi connectivity index (χ3n) is 2.17. The monoisotopic (exact) mass is 244 g/mol. The molecule has 1 aromatic heterocycles. The van der Waals surface area contributed by atoms with E-state index in [2.05, 4.69) is 11.1 Å². The maximum atomic E-state index is 5.85. The van der Waals surface area contributed by atoms with E-state index in [0.29, 0.717) is 0 Å². The first-order chi connectivity index (χ1) is 6.29. The molecule has 1 heterocycles. The summed E-state index contributed by atoms with van der Waals surface area (Å²) in [5.41, 5.74) is 8.02. The van der Waals surface area contributed by atoms with E-state index in [1.807, 2.05) is 31.2 Å². The van der Waals surface area contributed by atoms with Crippen LogP contribution in [0.3, 0.4) is 0 Å². The summed E-state index contributed by atoms with van der Waals surface area (Å²) >= 11 is 0. The zero-order valence-electron chi connectivity index (χ0n) is 8.38. The molecule has 0 fully saturated rings. The van der Waals surface area contributed by atoms with Crippen molar-refractivity contribution in [2.24, 2.45) is 5.73 Å². The van der Waals surface area contributed by atoms with E-state index in [0.717, 1.165) is 16.5 Å². The second kappa shape index (κ2) is 5.91. The Hall–Kier alpha value is -0.830. The Morgan fingerprint density at radius 3 is 2.47 bits per heavy atom. The summed E-state index contributed by atoms with van der Waals surface area (Å²) in [7, 11) is 0. The zero-order chi connectivity index (χ0) is 9.26. The summed E-state index contributed by atoms with van der Waals surface area (Å²) in [5.74, 6) is 0. The average molecular weight is 245 g/mol. The Morgan fingerprint density at radius 1 is 1.13 bits per heavy atom. The number of nitrogens with two attached hydrogens (primary N) is 1. The Labute approximate surface area is 102 Å². The van der Waals surface area contributed by atoms with E-state index in [-0.39, 0.29) is 30.9 Å². The molecule has 15 heavy (non-hydrogen) atoms. The summed E-state index contributed by atoms with van der Waals surface area (Å²) in [6.45, 7) is 1.99. The number of rotatable bonds is 1. The van der Waals surface area contributed by atoms with Crippen molar-refractivity contribution in [1.82, 2.24) is 4.98 Å². The van der Waals surface area contributed by atoms with Gasteiger partial charge >= 0.3 is 0 Å². The molecule has 0 radical (unpaired) electrons. The minimum Gasteiger partial charge on any atom is -0.324 e. The van der Waals surface area contributed by atoms with Crippen molar-refractivity contribution in [3.8, 4) is 0 Å². The van der Waals surface area contributed by atoms with Gasteiger partial charge in [-0.15, -0.1) is 24.8 Å². The topological polar surface area (TPSA) is 38.9 Å². The molecule has 0 bridgehead atoms. The lowest BCUT2D eigenvalue weighted by molar-refractivity contribution is 0.825. The number of hydrogen-bond donors (Lipinski definition) is 1. The summed E-state index contributed by atoms with van der Waals surface area (Å²) < 4.78 is 0. The van der Waals surface area contributed by atoms with Crippen molar-refractivity contribution in [3.63, 3.8) is 0 Å². The Morgan fingerprint density at radius 2 is 1.80 bits per heavy atom. The molecule has 0 aliphatic carbocycles. The lowest BCUT2D eigenvalue weighted by atomic mass is 10.0. The van der Waals surface area contributed by atoms with Gasteiger partial charge in [-0.2, -0.15) is 0 Å². The molecular formula is C11H14Cl2N2. The first-order valence-corrected chi connectivity index (χ1v) is 4.38. The van der Waals surface area contributed by atoms with Gasteiger partial charge < -0.3 is 5.73 Å². The Bertz CT molecular complexity index is 424. The second-order valence-corrected chi connectivity index (χ2v) is 3.21. The highest BCUT2D eigenvalue weighted by molar-refractivity contribution is 5.85. The third kappa shape index (κ3) is 2.81. The SMILES string of the molecule is CC(N)c1ccnc2ccccc12.Cl.Cl. The average Bonchev–Trinajstić information content (AvgIpc) is 2.17. The molecule has 0 saturated heterocycles. The van der Waals surface area contributed by atoms with E-state index < -0.39 is 0 Å². The summed E-state index contributed by atoms with van der Waals surface area (Å²) in [6.07, 6.45) is 1.81. The van der Waals surface area contributed by atoms with Crippen LogP contribution >= 0.6 is 24.8 Å². The summed E-state index contributed by atoms with van der Waals surface area (Å²) in [6, 6.07) is 10.1. The number of fused-ring (bicyclic) bond motifs is 1. The molecular weight excluding hydrogens is 231 g/mol. The van der Waals surface area contributed by atoms with Crippen LogP contribution in [0.2, 0.25) is 0 Å². The quantitative estimate of drug-likeness (QED) is 0.838. The van der Waals surface area contributed by atoms with Crippen molar-refractivity contribution in [2.75, 3.05) is 0 Å². The van der Waals surface area contributed by atoms with E-state index in [9.17, 15) is 0 Å². The van der Waals surface area contributed by atoms with Gasteiger partial charge in [0.15, 0.2) is 0 Å². The molecule has 0 aliphatic heterocycles. The van der Waals surface area contributed by atoms with Gasteiger partial charge in [-0.05, 0) is 24.6 Å². The van der Waals surface area contributed by atoms with Gasteiger partial charge in [0.1, 0.15) is 0 Å². The van der Waals surface area contributed by atoms with Crippen LogP contribution in [0.4, 0.5) is 0 Å². The molecule has 0 spiro atoms. The molecule has 0 saturated carbocycles. The first kappa shape index (κ1) is 14.2. The fraction of sp³-hybridized carbons (Fsp3) is 0.182.